The second-order valence-electron chi connectivity index (χ2n) is 5.21. The van der Waals surface area contributed by atoms with Gasteiger partial charge in [-0.1, -0.05) is 6.07 Å². The number of sulfonamides is 1. The minimum atomic E-state index is -3.87. The lowest BCUT2D eigenvalue weighted by Crippen LogP contribution is -2.35. The summed E-state index contributed by atoms with van der Waals surface area (Å²) in [5, 5.41) is 3.74. The Morgan fingerprint density at radius 1 is 1.23 bits per heavy atom. The number of nitrogens with zero attached hydrogens (tertiary/aromatic N) is 2. The molecule has 136 valence electrons. The predicted octanol–water partition coefficient (Wildman–Crippen LogP) is 0.281. The van der Waals surface area contributed by atoms with Crippen molar-refractivity contribution in [2.24, 2.45) is 5.10 Å². The molecule has 0 radical (unpaired) electrons. The van der Waals surface area contributed by atoms with Crippen LogP contribution in [0.3, 0.4) is 0 Å². The van der Waals surface area contributed by atoms with Crippen LogP contribution in [-0.2, 0) is 14.8 Å². The van der Waals surface area contributed by atoms with Gasteiger partial charge < -0.3 is 9.47 Å². The molecule has 0 bridgehead atoms. The summed E-state index contributed by atoms with van der Waals surface area (Å²) in [5.41, 5.74) is 2.93. The highest BCUT2D eigenvalue weighted by atomic mass is 32.2. The standard InChI is InChI=1S/C16H16N4O5S/c21-16(20-18-10-12-2-1-5-17-9-12)11-19-26(22,23)13-3-4-14-15(8-13)25-7-6-24-14/h1-5,8-10,19H,6-7,11H2,(H,20,21)/b18-10-. The monoisotopic (exact) mass is 376 g/mol. The van der Waals surface area contributed by atoms with Crippen molar-refractivity contribution in [3.63, 3.8) is 0 Å². The molecule has 10 heteroatoms. The number of hydrogen-bond donors (Lipinski definition) is 2. The lowest BCUT2D eigenvalue weighted by Gasteiger charge is -2.18. The summed E-state index contributed by atoms with van der Waals surface area (Å²) in [6, 6.07) is 7.74. The molecule has 0 aliphatic carbocycles. The van der Waals surface area contributed by atoms with Crippen molar-refractivity contribution in [1.82, 2.24) is 15.1 Å². The quantitative estimate of drug-likeness (QED) is 0.552. The number of fused-ring (bicyclic) bond motifs is 1. The first-order valence-electron chi connectivity index (χ1n) is 7.66. The minimum Gasteiger partial charge on any atom is -0.486 e. The highest BCUT2D eigenvalue weighted by Crippen LogP contribution is 2.32. The summed E-state index contributed by atoms with van der Waals surface area (Å²) in [6.07, 6.45) is 4.59. The van der Waals surface area contributed by atoms with Gasteiger partial charge in [-0.3, -0.25) is 9.78 Å². The van der Waals surface area contributed by atoms with E-state index < -0.39 is 22.5 Å². The number of amides is 1. The molecule has 9 nitrogen and oxygen atoms in total. The number of carbonyl (C=O) groups excluding carboxylic acids is 1. The average Bonchev–Trinajstić information content (AvgIpc) is 2.67. The molecule has 2 aromatic rings. The molecule has 1 aliphatic rings. The third-order valence-electron chi connectivity index (χ3n) is 3.33. The summed E-state index contributed by atoms with van der Waals surface area (Å²) < 4.78 is 37.5. The number of aromatic nitrogens is 1. The Morgan fingerprint density at radius 3 is 2.81 bits per heavy atom. The van der Waals surface area contributed by atoms with E-state index >= 15 is 0 Å². The molecule has 1 aromatic carbocycles. The van der Waals surface area contributed by atoms with Crippen molar-refractivity contribution < 1.29 is 22.7 Å². The molecule has 2 heterocycles. The molecular weight excluding hydrogens is 360 g/mol. The van der Waals surface area contributed by atoms with E-state index in [4.69, 9.17) is 9.47 Å². The van der Waals surface area contributed by atoms with Crippen LogP contribution in [0.25, 0.3) is 0 Å². The highest BCUT2D eigenvalue weighted by molar-refractivity contribution is 7.89. The molecule has 26 heavy (non-hydrogen) atoms. The van der Waals surface area contributed by atoms with Gasteiger partial charge in [0.05, 0.1) is 17.7 Å². The second-order valence-corrected chi connectivity index (χ2v) is 6.98. The van der Waals surface area contributed by atoms with Crippen molar-refractivity contribution in [1.29, 1.82) is 0 Å². The average molecular weight is 376 g/mol. The highest BCUT2D eigenvalue weighted by Gasteiger charge is 2.20. The van der Waals surface area contributed by atoms with Gasteiger partial charge in [0.25, 0.3) is 5.91 Å². The third-order valence-corrected chi connectivity index (χ3v) is 4.73. The van der Waals surface area contributed by atoms with Crippen molar-refractivity contribution in [2.75, 3.05) is 19.8 Å². The Morgan fingerprint density at radius 2 is 2.04 bits per heavy atom. The molecule has 0 atom stereocenters. The van der Waals surface area contributed by atoms with Crippen LogP contribution < -0.4 is 19.6 Å². The Labute approximate surface area is 150 Å². The number of carbonyl (C=O) groups is 1. The van der Waals surface area contributed by atoms with Crippen molar-refractivity contribution in [2.45, 2.75) is 4.90 Å². The van der Waals surface area contributed by atoms with Crippen molar-refractivity contribution in [3.8, 4) is 11.5 Å². The molecule has 1 amide bonds. The number of ether oxygens (including phenoxy) is 2. The summed E-state index contributed by atoms with van der Waals surface area (Å²) in [7, 11) is -3.87. The van der Waals surface area contributed by atoms with Gasteiger partial charge in [-0.15, -0.1) is 0 Å². The van der Waals surface area contributed by atoms with E-state index in [1.807, 2.05) is 0 Å². The molecule has 3 rings (SSSR count). The predicted molar refractivity (Wildman–Crippen MR) is 92.6 cm³/mol. The van der Waals surface area contributed by atoms with Crippen LogP contribution in [0.1, 0.15) is 5.56 Å². The maximum Gasteiger partial charge on any atom is 0.255 e. The van der Waals surface area contributed by atoms with Gasteiger partial charge in [0, 0.05) is 24.0 Å². The summed E-state index contributed by atoms with van der Waals surface area (Å²) in [5.74, 6) is 0.230. The van der Waals surface area contributed by atoms with Gasteiger partial charge in [-0.25, -0.2) is 18.6 Å². The number of rotatable bonds is 6. The topological polar surface area (TPSA) is 119 Å². The maximum absolute atomic E-state index is 12.3. The largest absolute Gasteiger partial charge is 0.486 e. The van der Waals surface area contributed by atoms with Crippen LogP contribution in [0.15, 0.2) is 52.7 Å². The Hall–Kier alpha value is -2.98. The van der Waals surface area contributed by atoms with Gasteiger partial charge in [0.15, 0.2) is 11.5 Å². The summed E-state index contributed by atoms with van der Waals surface area (Å²) in [4.78, 5) is 15.6. The fourth-order valence-electron chi connectivity index (χ4n) is 2.11. The van der Waals surface area contributed by atoms with E-state index in [0.29, 0.717) is 30.3 Å². The Balaban J connectivity index is 1.56. The number of pyridine rings is 1. The molecule has 0 saturated heterocycles. The SMILES string of the molecule is O=C(CNS(=O)(=O)c1ccc2c(c1)OCCO2)N/N=C\c1cccnc1. The van der Waals surface area contributed by atoms with Crippen LogP contribution in [-0.4, -0.2) is 45.3 Å². The van der Waals surface area contributed by atoms with Crippen LogP contribution >= 0.6 is 0 Å². The smallest absolute Gasteiger partial charge is 0.255 e. The van der Waals surface area contributed by atoms with Gasteiger partial charge in [-0.05, 0) is 18.2 Å². The zero-order valence-electron chi connectivity index (χ0n) is 13.6. The van der Waals surface area contributed by atoms with Crippen molar-refractivity contribution in [3.05, 3.63) is 48.3 Å². The van der Waals surface area contributed by atoms with Crippen molar-refractivity contribution >= 4 is 22.1 Å². The van der Waals surface area contributed by atoms with Crippen LogP contribution in [0.2, 0.25) is 0 Å². The fraction of sp³-hybridized carbons (Fsp3) is 0.188. The molecule has 1 aliphatic heterocycles. The number of nitrogens with one attached hydrogen (secondary N) is 2. The van der Waals surface area contributed by atoms with E-state index in [1.54, 1.807) is 24.5 Å². The minimum absolute atomic E-state index is 0.0200. The first-order valence-corrected chi connectivity index (χ1v) is 9.14. The first-order chi connectivity index (χ1) is 12.5. The number of hydrazone groups is 1. The summed E-state index contributed by atoms with van der Waals surface area (Å²) in [6.45, 7) is 0.305. The van der Waals surface area contributed by atoms with E-state index in [1.165, 1.54) is 24.4 Å². The third kappa shape index (κ3) is 4.55. The molecular formula is C16H16N4O5S. The molecule has 0 fully saturated rings. The van der Waals surface area contributed by atoms with E-state index in [-0.39, 0.29) is 4.90 Å². The van der Waals surface area contributed by atoms with E-state index in [9.17, 15) is 13.2 Å². The van der Waals surface area contributed by atoms with Crippen LogP contribution in [0.4, 0.5) is 0 Å². The van der Waals surface area contributed by atoms with E-state index in [2.05, 4.69) is 20.2 Å². The second kappa shape index (κ2) is 7.93. The molecule has 0 saturated carbocycles. The van der Waals surface area contributed by atoms with Gasteiger partial charge in [-0.2, -0.15) is 5.10 Å². The Bertz CT molecular complexity index is 915. The molecule has 2 N–H and O–H groups in total. The van der Waals surface area contributed by atoms with Gasteiger partial charge >= 0.3 is 0 Å². The lowest BCUT2D eigenvalue weighted by atomic mass is 10.3. The van der Waals surface area contributed by atoms with Crippen LogP contribution in [0, 0.1) is 0 Å². The maximum atomic E-state index is 12.3. The molecule has 0 unspecified atom stereocenters. The van der Waals surface area contributed by atoms with Crippen LogP contribution in [0.5, 0.6) is 11.5 Å². The zero-order valence-corrected chi connectivity index (χ0v) is 14.4. The normalized spacial score (nSPS) is 13.5. The Kier molecular flexibility index (Phi) is 5.44. The first kappa shape index (κ1) is 17.8. The van der Waals surface area contributed by atoms with Gasteiger partial charge in [0.2, 0.25) is 10.0 Å². The molecule has 1 aromatic heterocycles. The van der Waals surface area contributed by atoms with Gasteiger partial charge in [0.1, 0.15) is 13.2 Å². The number of benzene rings is 1. The number of hydrogen-bond acceptors (Lipinski definition) is 7. The molecule has 0 spiro atoms. The van der Waals surface area contributed by atoms with E-state index in [0.717, 1.165) is 0 Å². The summed E-state index contributed by atoms with van der Waals surface area (Å²) >= 11 is 0. The fourth-order valence-corrected chi connectivity index (χ4v) is 3.10. The zero-order chi connectivity index (χ0) is 18.4. The lowest BCUT2D eigenvalue weighted by molar-refractivity contribution is -0.119.